The van der Waals surface area contributed by atoms with E-state index in [9.17, 15) is 0 Å². The van der Waals surface area contributed by atoms with Crippen molar-refractivity contribution in [2.24, 2.45) is 5.92 Å². The van der Waals surface area contributed by atoms with E-state index in [4.69, 9.17) is 10.00 Å². The van der Waals surface area contributed by atoms with Gasteiger partial charge in [0, 0.05) is 13.0 Å². The third-order valence-corrected chi connectivity index (χ3v) is 4.78. The van der Waals surface area contributed by atoms with Crippen molar-refractivity contribution in [3.63, 3.8) is 0 Å². The Bertz CT molecular complexity index is 521. The lowest BCUT2D eigenvalue weighted by atomic mass is 9.70. The monoisotopic (exact) mass is 269 g/mol. The third-order valence-electron chi connectivity index (χ3n) is 4.78. The smallest absolute Gasteiger partial charge is 0.0991 e. The highest BCUT2D eigenvalue weighted by molar-refractivity contribution is 5.36. The zero-order chi connectivity index (χ0) is 14.8. The Balaban J connectivity index is 2.21. The van der Waals surface area contributed by atoms with Crippen molar-refractivity contribution in [1.82, 2.24) is 0 Å². The molecule has 0 heterocycles. The van der Waals surface area contributed by atoms with Gasteiger partial charge in [-0.05, 0) is 56.7 Å². The minimum atomic E-state index is -0.0917. The fourth-order valence-corrected chi connectivity index (χ4v) is 3.06. The first-order chi connectivity index (χ1) is 9.47. The summed E-state index contributed by atoms with van der Waals surface area (Å²) < 4.78 is 5.66. The van der Waals surface area contributed by atoms with Gasteiger partial charge in [-0.2, -0.15) is 5.26 Å². The summed E-state index contributed by atoms with van der Waals surface area (Å²) in [5.41, 5.74) is 3.19. The van der Waals surface area contributed by atoms with E-state index >= 15 is 0 Å². The second kappa shape index (κ2) is 5.81. The van der Waals surface area contributed by atoms with E-state index in [1.807, 2.05) is 12.1 Å². The molecule has 2 atom stereocenters. The molecule has 1 fully saturated rings. The SMILES string of the molecule is C=C1CC[C@H](C(C)(C)OC)C[C@@H]1c1ccc(C#N)cc1. The molecule has 0 spiro atoms. The van der Waals surface area contributed by atoms with Crippen LogP contribution in [0.5, 0.6) is 0 Å². The molecule has 0 saturated heterocycles. The lowest BCUT2D eigenvalue weighted by Crippen LogP contribution is -2.36. The summed E-state index contributed by atoms with van der Waals surface area (Å²) in [5.74, 6) is 0.926. The molecule has 0 N–H and O–H groups in total. The van der Waals surface area contributed by atoms with E-state index in [1.54, 1.807) is 7.11 Å². The molecule has 1 aliphatic carbocycles. The van der Waals surface area contributed by atoms with E-state index in [2.05, 4.69) is 38.6 Å². The maximum absolute atomic E-state index is 8.89. The van der Waals surface area contributed by atoms with Gasteiger partial charge >= 0.3 is 0 Å². The fourth-order valence-electron chi connectivity index (χ4n) is 3.06. The second-order valence-corrected chi connectivity index (χ2v) is 6.22. The molecule has 1 saturated carbocycles. The molecule has 20 heavy (non-hydrogen) atoms. The number of ether oxygens (including phenoxy) is 1. The van der Waals surface area contributed by atoms with Gasteiger partial charge in [-0.3, -0.25) is 0 Å². The molecule has 2 rings (SSSR count). The Morgan fingerprint density at radius 1 is 1.30 bits per heavy atom. The molecule has 1 aromatic carbocycles. The quantitative estimate of drug-likeness (QED) is 0.761. The van der Waals surface area contributed by atoms with Crippen LogP contribution in [0, 0.1) is 17.2 Å². The number of hydrogen-bond donors (Lipinski definition) is 0. The summed E-state index contributed by atoms with van der Waals surface area (Å²) >= 11 is 0. The van der Waals surface area contributed by atoms with Gasteiger partial charge in [-0.15, -0.1) is 0 Å². The predicted molar refractivity (Wildman–Crippen MR) is 81.5 cm³/mol. The summed E-state index contributed by atoms with van der Waals surface area (Å²) in [7, 11) is 1.79. The Morgan fingerprint density at radius 3 is 2.50 bits per heavy atom. The number of allylic oxidation sites excluding steroid dienone is 1. The predicted octanol–water partition coefficient (Wildman–Crippen LogP) is 4.42. The maximum Gasteiger partial charge on any atom is 0.0991 e. The van der Waals surface area contributed by atoms with Gasteiger partial charge in [-0.1, -0.05) is 24.3 Å². The molecule has 0 radical (unpaired) electrons. The molecule has 2 heteroatoms. The fraction of sp³-hybridized carbons (Fsp3) is 0.500. The van der Waals surface area contributed by atoms with Crippen LogP contribution >= 0.6 is 0 Å². The highest BCUT2D eigenvalue weighted by Gasteiger charge is 2.35. The highest BCUT2D eigenvalue weighted by atomic mass is 16.5. The van der Waals surface area contributed by atoms with Crippen LogP contribution in [0.15, 0.2) is 36.4 Å². The van der Waals surface area contributed by atoms with Gasteiger partial charge in [-0.25, -0.2) is 0 Å². The first-order valence-corrected chi connectivity index (χ1v) is 7.21. The van der Waals surface area contributed by atoms with Crippen LogP contribution in [0.4, 0.5) is 0 Å². The van der Waals surface area contributed by atoms with Gasteiger partial charge in [0.05, 0.1) is 17.2 Å². The van der Waals surface area contributed by atoms with Crippen LogP contribution in [-0.2, 0) is 4.74 Å². The Labute approximate surface area is 122 Å². The zero-order valence-corrected chi connectivity index (χ0v) is 12.6. The molecular formula is C18H23NO. The van der Waals surface area contributed by atoms with Crippen LogP contribution in [0.2, 0.25) is 0 Å². The lowest BCUT2D eigenvalue weighted by Gasteiger charge is -2.40. The van der Waals surface area contributed by atoms with E-state index in [-0.39, 0.29) is 5.60 Å². The van der Waals surface area contributed by atoms with Gasteiger partial charge in [0.2, 0.25) is 0 Å². The number of hydrogen-bond acceptors (Lipinski definition) is 2. The second-order valence-electron chi connectivity index (χ2n) is 6.22. The normalized spacial score (nSPS) is 23.4. The molecule has 0 amide bonds. The molecule has 2 nitrogen and oxygen atoms in total. The first kappa shape index (κ1) is 14.8. The van der Waals surface area contributed by atoms with Crippen LogP contribution in [-0.4, -0.2) is 12.7 Å². The number of nitriles is 1. The summed E-state index contributed by atoms with van der Waals surface area (Å²) in [6.45, 7) is 8.59. The van der Waals surface area contributed by atoms with Crippen molar-refractivity contribution in [1.29, 1.82) is 5.26 Å². The van der Waals surface area contributed by atoms with Crippen molar-refractivity contribution in [3.8, 4) is 6.07 Å². The number of nitrogens with zero attached hydrogens (tertiary/aromatic N) is 1. The molecule has 0 bridgehead atoms. The maximum atomic E-state index is 8.89. The molecule has 1 aliphatic rings. The molecule has 0 aromatic heterocycles. The minimum Gasteiger partial charge on any atom is -0.379 e. The summed E-state index contributed by atoms with van der Waals surface area (Å²) in [5, 5.41) is 8.89. The van der Waals surface area contributed by atoms with Gasteiger partial charge < -0.3 is 4.74 Å². The van der Waals surface area contributed by atoms with E-state index in [1.165, 1.54) is 11.1 Å². The van der Waals surface area contributed by atoms with Crippen LogP contribution in [0.25, 0.3) is 0 Å². The molecule has 0 unspecified atom stereocenters. The lowest BCUT2D eigenvalue weighted by molar-refractivity contribution is -0.0386. The van der Waals surface area contributed by atoms with Crippen molar-refractivity contribution in [2.75, 3.05) is 7.11 Å². The standard InChI is InChI=1S/C18H23NO/c1-13-5-10-16(18(2,3)20-4)11-17(13)15-8-6-14(12-19)7-9-15/h6-9,16-17H,1,5,10-11H2,2-4H3/t16-,17-/m0/s1. The number of methoxy groups -OCH3 is 1. The van der Waals surface area contributed by atoms with Crippen molar-refractivity contribution in [3.05, 3.63) is 47.5 Å². The van der Waals surface area contributed by atoms with Crippen molar-refractivity contribution in [2.45, 2.75) is 44.6 Å². The zero-order valence-electron chi connectivity index (χ0n) is 12.6. The number of rotatable bonds is 3. The number of benzene rings is 1. The average Bonchev–Trinajstić information content (AvgIpc) is 2.47. The average molecular weight is 269 g/mol. The summed E-state index contributed by atoms with van der Waals surface area (Å²) in [6, 6.07) is 10.1. The van der Waals surface area contributed by atoms with E-state index in [0.717, 1.165) is 19.3 Å². The minimum absolute atomic E-state index is 0.0917. The molecule has 1 aromatic rings. The van der Waals surface area contributed by atoms with Gasteiger partial charge in [0.1, 0.15) is 0 Å². The van der Waals surface area contributed by atoms with E-state index < -0.39 is 0 Å². The van der Waals surface area contributed by atoms with E-state index in [0.29, 0.717) is 17.4 Å². The topological polar surface area (TPSA) is 33.0 Å². The summed E-state index contributed by atoms with van der Waals surface area (Å²) in [6.07, 6.45) is 3.28. The van der Waals surface area contributed by atoms with Crippen LogP contribution in [0.1, 0.15) is 50.2 Å². The van der Waals surface area contributed by atoms with Crippen molar-refractivity contribution < 1.29 is 4.74 Å². The van der Waals surface area contributed by atoms with Crippen LogP contribution < -0.4 is 0 Å². The van der Waals surface area contributed by atoms with Crippen molar-refractivity contribution >= 4 is 0 Å². The largest absolute Gasteiger partial charge is 0.379 e. The third kappa shape index (κ3) is 2.94. The Morgan fingerprint density at radius 2 is 1.95 bits per heavy atom. The Kier molecular flexibility index (Phi) is 4.30. The molecule has 106 valence electrons. The van der Waals surface area contributed by atoms with Gasteiger partial charge in [0.25, 0.3) is 0 Å². The summed E-state index contributed by atoms with van der Waals surface area (Å²) in [4.78, 5) is 0. The van der Waals surface area contributed by atoms with Crippen LogP contribution in [0.3, 0.4) is 0 Å². The Hall–Kier alpha value is -1.59. The highest BCUT2D eigenvalue weighted by Crippen LogP contribution is 2.44. The molecule has 0 aliphatic heterocycles. The van der Waals surface area contributed by atoms with Gasteiger partial charge in [0.15, 0.2) is 0 Å². The molecular weight excluding hydrogens is 246 g/mol. The first-order valence-electron chi connectivity index (χ1n) is 7.21.